The predicted molar refractivity (Wildman–Crippen MR) is 78.5 cm³/mol. The topological polar surface area (TPSA) is 69.3 Å². The molecule has 0 bridgehead atoms. The average Bonchev–Trinajstić information content (AvgIpc) is 2.49. The molecule has 0 radical (unpaired) electrons. The molecule has 0 aliphatic rings. The fraction of sp³-hybridized carbons (Fsp3) is 0.0667. The number of benzene rings is 1. The number of nitrogens with zero attached hydrogens (tertiary/aromatic N) is 2. The summed E-state index contributed by atoms with van der Waals surface area (Å²) in [6.45, 7) is -0.112. The van der Waals surface area contributed by atoms with Gasteiger partial charge in [0, 0.05) is 11.9 Å². The van der Waals surface area contributed by atoms with Crippen molar-refractivity contribution >= 4 is 17.2 Å². The van der Waals surface area contributed by atoms with Crippen LogP contribution < -0.4 is 10.9 Å². The molecule has 1 aromatic carbocycles. The lowest BCUT2D eigenvalue weighted by Gasteiger charge is -2.10. The van der Waals surface area contributed by atoms with Crippen LogP contribution >= 0.6 is 0 Å². The van der Waals surface area contributed by atoms with Crippen molar-refractivity contribution in [3.05, 3.63) is 70.6 Å². The molecule has 0 aliphatic carbocycles. The van der Waals surface area contributed by atoms with Crippen molar-refractivity contribution in [2.24, 2.45) is 0 Å². The molecule has 100 valence electrons. The number of hydrogen-bond donors (Lipinski definition) is 1. The van der Waals surface area contributed by atoms with Gasteiger partial charge in [-0.2, -0.15) is 0 Å². The third-order valence-electron chi connectivity index (χ3n) is 3.04. The number of para-hydroxylation sites is 1. The molecule has 0 saturated carbocycles. The number of rotatable bonds is 3. The smallest absolute Gasteiger partial charge is 0.271 e. The number of aromatic nitrogens is 2. The van der Waals surface area contributed by atoms with Crippen LogP contribution in [0.25, 0.3) is 5.65 Å². The Hall–Kier alpha value is -2.66. The molecule has 2 aromatic heterocycles. The van der Waals surface area contributed by atoms with Gasteiger partial charge in [-0.3, -0.25) is 9.20 Å². The normalized spacial score (nSPS) is 10.7. The Morgan fingerprint density at radius 3 is 2.60 bits per heavy atom. The lowest BCUT2D eigenvalue weighted by molar-refractivity contribution is 0.280. The minimum absolute atomic E-state index is 0.112. The highest BCUT2D eigenvalue weighted by Gasteiger charge is 2.13. The molecule has 3 aromatic rings. The van der Waals surface area contributed by atoms with Gasteiger partial charge in [0.2, 0.25) is 0 Å². The summed E-state index contributed by atoms with van der Waals surface area (Å²) in [4.78, 5) is 16.8. The minimum atomic E-state index is -0.205. The van der Waals surface area contributed by atoms with Crippen molar-refractivity contribution < 1.29 is 5.11 Å². The molecular formula is C15H14N3O2+. The van der Waals surface area contributed by atoms with Crippen molar-refractivity contribution in [2.75, 3.05) is 5.32 Å². The van der Waals surface area contributed by atoms with Crippen LogP contribution in [-0.2, 0) is 6.61 Å². The van der Waals surface area contributed by atoms with Crippen LogP contribution in [0, 0.1) is 0 Å². The molecule has 0 amide bonds. The summed E-state index contributed by atoms with van der Waals surface area (Å²) in [5.74, 6) is 0.447. The summed E-state index contributed by atoms with van der Waals surface area (Å²) >= 11 is 0. The third-order valence-corrected chi connectivity index (χ3v) is 3.04. The number of anilines is 2. The first-order valence-corrected chi connectivity index (χ1v) is 6.26. The minimum Gasteiger partial charge on any atom is -0.442 e. The van der Waals surface area contributed by atoms with Crippen molar-refractivity contribution in [3.8, 4) is 0 Å². The molecule has 2 heterocycles. The molecule has 0 unspecified atom stereocenters. The van der Waals surface area contributed by atoms with E-state index < -0.39 is 0 Å². The van der Waals surface area contributed by atoms with Gasteiger partial charge in [0.15, 0.2) is 6.61 Å². The van der Waals surface area contributed by atoms with Crippen LogP contribution in [0.2, 0.25) is 0 Å². The summed E-state index contributed by atoms with van der Waals surface area (Å²) in [5, 5.41) is 10.7. The summed E-state index contributed by atoms with van der Waals surface area (Å²) < 4.78 is 1.46. The van der Waals surface area contributed by atoms with Crippen LogP contribution in [0.5, 0.6) is 0 Å². The molecule has 0 atom stereocenters. The first kappa shape index (κ1) is 12.4. The van der Waals surface area contributed by atoms with Crippen molar-refractivity contribution in [1.82, 2.24) is 9.38 Å². The molecule has 20 heavy (non-hydrogen) atoms. The summed E-state index contributed by atoms with van der Waals surface area (Å²) in [6.07, 6.45) is 1.66. The quantitative estimate of drug-likeness (QED) is 0.734. The van der Waals surface area contributed by atoms with E-state index in [1.54, 1.807) is 18.3 Å². The maximum atomic E-state index is 12.3. The first-order chi connectivity index (χ1) is 9.79. The molecule has 3 rings (SSSR count). The molecule has 0 aliphatic heterocycles. The number of hydrogen-bond acceptors (Lipinski definition) is 3. The van der Waals surface area contributed by atoms with Crippen LogP contribution in [0.1, 0.15) is 5.56 Å². The first-order valence-electron chi connectivity index (χ1n) is 6.26. The van der Waals surface area contributed by atoms with E-state index in [0.717, 1.165) is 5.69 Å². The molecule has 5 nitrogen and oxygen atoms in total. The van der Waals surface area contributed by atoms with Gasteiger partial charge in [0.05, 0.1) is 0 Å². The molecule has 5 heteroatoms. The van der Waals surface area contributed by atoms with Gasteiger partial charge in [0.25, 0.3) is 5.56 Å². The van der Waals surface area contributed by atoms with Gasteiger partial charge in [-0.05, 0) is 24.3 Å². The molecule has 3 N–H and O–H groups in total. The van der Waals surface area contributed by atoms with E-state index in [1.165, 1.54) is 4.40 Å². The van der Waals surface area contributed by atoms with Crippen LogP contribution in [0.15, 0.2) is 59.5 Å². The maximum absolute atomic E-state index is 12.3. The highest BCUT2D eigenvalue weighted by Crippen LogP contribution is 2.17. The molecular weight excluding hydrogens is 254 g/mol. The Balaban J connectivity index is 2.17. The van der Waals surface area contributed by atoms with E-state index in [9.17, 15) is 4.79 Å². The molecule has 0 spiro atoms. The zero-order chi connectivity index (χ0) is 13.9. The fourth-order valence-electron chi connectivity index (χ4n) is 2.05. The third kappa shape index (κ3) is 2.15. The fourth-order valence-corrected chi connectivity index (χ4v) is 2.05. The zero-order valence-electron chi connectivity index (χ0n) is 10.7. The number of pyridine rings is 1. The Bertz CT molecular complexity index is 797. The maximum Gasteiger partial charge on any atom is 0.271 e. The SMILES string of the molecule is O=c1c(C[OH2+])c(Nc2ccccc2)nc2ccccn12. The van der Waals surface area contributed by atoms with Gasteiger partial charge in [-0.15, -0.1) is 0 Å². The van der Waals surface area contributed by atoms with E-state index in [4.69, 9.17) is 5.11 Å². The largest absolute Gasteiger partial charge is 0.442 e. The van der Waals surface area contributed by atoms with Gasteiger partial charge >= 0.3 is 0 Å². The monoisotopic (exact) mass is 268 g/mol. The van der Waals surface area contributed by atoms with Crippen LogP contribution in [0.3, 0.4) is 0 Å². The molecule has 0 fully saturated rings. The molecule has 0 saturated heterocycles. The van der Waals surface area contributed by atoms with Gasteiger partial charge in [-0.1, -0.05) is 24.3 Å². The predicted octanol–water partition coefficient (Wildman–Crippen LogP) is 1.66. The number of nitrogens with one attached hydrogen (secondary N) is 1. The van der Waals surface area contributed by atoms with Crippen LogP contribution in [-0.4, -0.2) is 14.5 Å². The van der Waals surface area contributed by atoms with E-state index in [2.05, 4.69) is 10.3 Å². The summed E-state index contributed by atoms with van der Waals surface area (Å²) in [6, 6.07) is 14.9. The highest BCUT2D eigenvalue weighted by molar-refractivity contribution is 5.61. The van der Waals surface area contributed by atoms with Gasteiger partial charge in [-0.25, -0.2) is 4.98 Å². The van der Waals surface area contributed by atoms with E-state index in [-0.39, 0.29) is 12.2 Å². The lowest BCUT2D eigenvalue weighted by atomic mass is 10.2. The highest BCUT2D eigenvalue weighted by atomic mass is 16.3. The van der Waals surface area contributed by atoms with Gasteiger partial charge in [0.1, 0.15) is 17.0 Å². The second-order valence-corrected chi connectivity index (χ2v) is 4.34. The van der Waals surface area contributed by atoms with E-state index >= 15 is 0 Å². The van der Waals surface area contributed by atoms with E-state index in [1.807, 2.05) is 36.4 Å². The Labute approximate surface area is 115 Å². The summed E-state index contributed by atoms with van der Waals surface area (Å²) in [5.41, 5.74) is 1.56. The Morgan fingerprint density at radius 1 is 1.10 bits per heavy atom. The Morgan fingerprint density at radius 2 is 1.85 bits per heavy atom. The van der Waals surface area contributed by atoms with E-state index in [0.29, 0.717) is 17.0 Å². The van der Waals surface area contributed by atoms with Gasteiger partial charge < -0.3 is 10.4 Å². The van der Waals surface area contributed by atoms with Crippen LogP contribution in [0.4, 0.5) is 11.5 Å². The number of fused-ring (bicyclic) bond motifs is 1. The van der Waals surface area contributed by atoms with Crippen molar-refractivity contribution in [3.63, 3.8) is 0 Å². The Kier molecular flexibility index (Phi) is 3.18. The summed E-state index contributed by atoms with van der Waals surface area (Å²) in [7, 11) is 0. The second-order valence-electron chi connectivity index (χ2n) is 4.34. The second kappa shape index (κ2) is 5.14. The zero-order valence-corrected chi connectivity index (χ0v) is 10.7. The lowest BCUT2D eigenvalue weighted by Crippen LogP contribution is -2.21. The standard InChI is InChI=1S/C15H13N3O2/c19-10-12-14(16-11-6-2-1-3-7-11)17-13-8-4-5-9-18(13)15(12)20/h1-9,16,19H,10H2/p+1. The average molecular weight is 268 g/mol. The van der Waals surface area contributed by atoms with Crippen molar-refractivity contribution in [2.45, 2.75) is 6.61 Å². The van der Waals surface area contributed by atoms with Crippen molar-refractivity contribution in [1.29, 1.82) is 0 Å².